The minimum atomic E-state index is -4.53. The Bertz CT molecular complexity index is 901. The van der Waals surface area contributed by atoms with E-state index in [1.807, 2.05) is 0 Å². The molecule has 1 saturated heterocycles. The van der Waals surface area contributed by atoms with Crippen molar-refractivity contribution in [1.82, 2.24) is 0 Å². The van der Waals surface area contributed by atoms with Crippen molar-refractivity contribution in [2.75, 3.05) is 16.8 Å². The molecule has 2 amide bonds. The van der Waals surface area contributed by atoms with Crippen molar-refractivity contribution in [2.45, 2.75) is 12.6 Å². The molecule has 3 rings (SSSR count). The number of halogens is 5. The van der Waals surface area contributed by atoms with Crippen LogP contribution in [0.15, 0.2) is 42.5 Å². The number of hydrogen-bond acceptors (Lipinski definition) is 2. The first-order valence-corrected chi connectivity index (χ1v) is 8.26. The monoisotopic (exact) mass is 400 g/mol. The lowest BCUT2D eigenvalue weighted by atomic mass is 10.1. The number of nitrogens with one attached hydrogen (secondary N) is 1. The van der Waals surface area contributed by atoms with Gasteiger partial charge in [0.25, 0.3) is 0 Å². The molecular formula is C18H13ClF4N2O2. The van der Waals surface area contributed by atoms with Crippen LogP contribution in [0.1, 0.15) is 12.0 Å². The first kappa shape index (κ1) is 19.2. The molecule has 0 radical (unpaired) electrons. The first-order chi connectivity index (χ1) is 12.6. The molecule has 9 heteroatoms. The summed E-state index contributed by atoms with van der Waals surface area (Å²) in [6, 6.07) is 8.00. The van der Waals surface area contributed by atoms with E-state index in [1.165, 1.54) is 29.2 Å². The maximum atomic E-state index is 13.3. The fourth-order valence-electron chi connectivity index (χ4n) is 2.80. The average Bonchev–Trinajstić information content (AvgIpc) is 2.99. The van der Waals surface area contributed by atoms with Crippen LogP contribution < -0.4 is 10.2 Å². The summed E-state index contributed by atoms with van der Waals surface area (Å²) in [5.41, 5.74) is -0.545. The third-order valence-electron chi connectivity index (χ3n) is 4.17. The van der Waals surface area contributed by atoms with Crippen LogP contribution in [-0.2, 0) is 15.8 Å². The lowest BCUT2D eigenvalue weighted by molar-refractivity contribution is -0.137. The van der Waals surface area contributed by atoms with E-state index in [-0.39, 0.29) is 29.6 Å². The second-order valence-electron chi connectivity index (χ2n) is 6.07. The van der Waals surface area contributed by atoms with Crippen LogP contribution in [0, 0.1) is 11.7 Å². The third-order valence-corrected chi connectivity index (χ3v) is 4.46. The second kappa shape index (κ2) is 7.19. The highest BCUT2D eigenvalue weighted by molar-refractivity contribution is 6.31. The van der Waals surface area contributed by atoms with Crippen molar-refractivity contribution in [3.63, 3.8) is 0 Å². The van der Waals surface area contributed by atoms with Gasteiger partial charge >= 0.3 is 6.18 Å². The summed E-state index contributed by atoms with van der Waals surface area (Å²) in [6.45, 7) is 0.0194. The second-order valence-corrected chi connectivity index (χ2v) is 6.48. The van der Waals surface area contributed by atoms with Crippen molar-refractivity contribution in [2.24, 2.45) is 5.92 Å². The van der Waals surface area contributed by atoms with E-state index in [1.54, 1.807) is 0 Å². The van der Waals surface area contributed by atoms with E-state index in [2.05, 4.69) is 5.32 Å². The largest absolute Gasteiger partial charge is 0.416 e. The Balaban J connectivity index is 1.72. The zero-order chi connectivity index (χ0) is 19.8. The molecule has 1 atom stereocenters. The Labute approximate surface area is 156 Å². The minimum absolute atomic E-state index is 0.00875. The number of amides is 2. The Kier molecular flexibility index (Phi) is 5.10. The fourth-order valence-corrected chi connectivity index (χ4v) is 2.98. The Morgan fingerprint density at radius 3 is 2.59 bits per heavy atom. The van der Waals surface area contributed by atoms with Gasteiger partial charge in [0, 0.05) is 24.3 Å². The number of benzene rings is 2. The lowest BCUT2D eigenvalue weighted by Gasteiger charge is -2.17. The van der Waals surface area contributed by atoms with Gasteiger partial charge in [0.1, 0.15) is 5.82 Å². The van der Waals surface area contributed by atoms with Crippen LogP contribution in [0.2, 0.25) is 5.02 Å². The molecule has 0 aromatic heterocycles. The predicted octanol–water partition coefficient (Wildman–Crippen LogP) is 4.49. The van der Waals surface area contributed by atoms with Gasteiger partial charge in [-0.2, -0.15) is 13.2 Å². The van der Waals surface area contributed by atoms with E-state index in [9.17, 15) is 27.2 Å². The molecule has 0 spiro atoms. The number of nitrogens with zero attached hydrogens (tertiary/aromatic N) is 1. The molecule has 1 fully saturated rings. The fraction of sp³-hybridized carbons (Fsp3) is 0.222. The minimum Gasteiger partial charge on any atom is -0.326 e. The van der Waals surface area contributed by atoms with Crippen molar-refractivity contribution in [1.29, 1.82) is 0 Å². The predicted molar refractivity (Wildman–Crippen MR) is 91.9 cm³/mol. The number of hydrogen-bond donors (Lipinski definition) is 1. The van der Waals surface area contributed by atoms with Gasteiger partial charge < -0.3 is 10.2 Å². The lowest BCUT2D eigenvalue weighted by Crippen LogP contribution is -2.28. The zero-order valence-electron chi connectivity index (χ0n) is 13.7. The molecule has 4 nitrogen and oxygen atoms in total. The first-order valence-electron chi connectivity index (χ1n) is 7.88. The molecule has 27 heavy (non-hydrogen) atoms. The molecule has 1 unspecified atom stereocenters. The molecule has 2 aromatic carbocycles. The summed E-state index contributed by atoms with van der Waals surface area (Å²) in [5.74, 6) is -2.32. The van der Waals surface area contributed by atoms with Crippen LogP contribution in [0.4, 0.5) is 28.9 Å². The number of carbonyl (C=O) groups is 2. The number of rotatable bonds is 3. The Morgan fingerprint density at radius 2 is 1.93 bits per heavy atom. The molecule has 1 aliphatic heterocycles. The standard InChI is InChI=1S/C18H13ClF4N2O2/c19-14-8-13(4-5-15(14)20)25-9-10(6-16(25)26)17(27)24-12-3-1-2-11(7-12)18(21,22)23/h1-5,7-8,10H,6,9H2,(H,24,27). The van der Waals surface area contributed by atoms with Gasteiger partial charge in [-0.15, -0.1) is 0 Å². The van der Waals surface area contributed by atoms with Gasteiger partial charge in [0.15, 0.2) is 0 Å². The molecular weight excluding hydrogens is 388 g/mol. The smallest absolute Gasteiger partial charge is 0.326 e. The van der Waals surface area contributed by atoms with Crippen LogP contribution in [0.3, 0.4) is 0 Å². The van der Waals surface area contributed by atoms with E-state index in [0.29, 0.717) is 5.69 Å². The number of carbonyl (C=O) groups excluding carboxylic acids is 2. The van der Waals surface area contributed by atoms with Gasteiger partial charge in [0.2, 0.25) is 11.8 Å². The molecule has 1 aliphatic rings. The van der Waals surface area contributed by atoms with E-state index >= 15 is 0 Å². The summed E-state index contributed by atoms with van der Waals surface area (Å²) in [6.07, 6.45) is -4.64. The zero-order valence-corrected chi connectivity index (χ0v) is 14.4. The van der Waals surface area contributed by atoms with Crippen LogP contribution in [0.5, 0.6) is 0 Å². The van der Waals surface area contributed by atoms with Crippen LogP contribution in [-0.4, -0.2) is 18.4 Å². The van der Waals surface area contributed by atoms with E-state index < -0.39 is 29.4 Å². The normalized spacial score (nSPS) is 17.3. The SMILES string of the molecule is O=C(Nc1cccc(C(F)(F)F)c1)C1CC(=O)N(c2ccc(F)c(Cl)c2)C1. The molecule has 0 bridgehead atoms. The van der Waals surface area contributed by atoms with Crippen molar-refractivity contribution >= 4 is 34.8 Å². The highest BCUT2D eigenvalue weighted by atomic mass is 35.5. The van der Waals surface area contributed by atoms with E-state index in [4.69, 9.17) is 11.6 Å². The summed E-state index contributed by atoms with van der Waals surface area (Å²) in [4.78, 5) is 25.8. The van der Waals surface area contributed by atoms with Crippen LogP contribution >= 0.6 is 11.6 Å². The van der Waals surface area contributed by atoms with Gasteiger partial charge in [-0.1, -0.05) is 17.7 Å². The average molecular weight is 401 g/mol. The molecule has 1 N–H and O–H groups in total. The third kappa shape index (κ3) is 4.21. The van der Waals surface area contributed by atoms with Gasteiger partial charge in [0.05, 0.1) is 16.5 Å². The summed E-state index contributed by atoms with van der Waals surface area (Å²) in [5, 5.41) is 2.25. The van der Waals surface area contributed by atoms with Gasteiger partial charge in [-0.25, -0.2) is 4.39 Å². The molecule has 1 heterocycles. The maximum Gasteiger partial charge on any atom is 0.416 e. The van der Waals surface area contributed by atoms with Crippen molar-refractivity contribution < 1.29 is 27.2 Å². The maximum absolute atomic E-state index is 13.3. The van der Waals surface area contributed by atoms with Crippen molar-refractivity contribution in [3.05, 3.63) is 58.9 Å². The molecule has 0 aliphatic carbocycles. The Morgan fingerprint density at radius 1 is 1.19 bits per heavy atom. The van der Waals surface area contributed by atoms with Crippen LogP contribution in [0.25, 0.3) is 0 Å². The molecule has 0 saturated carbocycles. The topological polar surface area (TPSA) is 49.4 Å². The Hall–Kier alpha value is -2.61. The number of anilines is 2. The molecule has 142 valence electrons. The number of alkyl halides is 3. The highest BCUT2D eigenvalue weighted by Gasteiger charge is 2.36. The summed E-state index contributed by atoms with van der Waals surface area (Å²) in [7, 11) is 0. The molecule has 2 aromatic rings. The van der Waals surface area contributed by atoms with Gasteiger partial charge in [-0.05, 0) is 36.4 Å². The highest BCUT2D eigenvalue weighted by Crippen LogP contribution is 2.32. The van der Waals surface area contributed by atoms with E-state index in [0.717, 1.165) is 18.2 Å². The summed E-state index contributed by atoms with van der Waals surface area (Å²) >= 11 is 5.71. The summed E-state index contributed by atoms with van der Waals surface area (Å²) < 4.78 is 51.5. The van der Waals surface area contributed by atoms with Crippen molar-refractivity contribution in [3.8, 4) is 0 Å². The van der Waals surface area contributed by atoms with Gasteiger partial charge in [-0.3, -0.25) is 9.59 Å². The quantitative estimate of drug-likeness (QED) is 0.772.